The molecule has 3 aromatic rings. The molecule has 0 unspecified atom stereocenters. The van der Waals surface area contributed by atoms with Crippen molar-refractivity contribution in [2.45, 2.75) is 44.4 Å². The van der Waals surface area contributed by atoms with Crippen molar-refractivity contribution in [2.24, 2.45) is 0 Å². The number of aromatic amines is 1. The SMILES string of the molecule is CC(C)S(=O)(=O)Nc1nc(CN2CCC(c3c[nH]c4ccccc34)CC2)cs1.Cl. The standard InChI is InChI=1S/C20H26N4O2S2.ClH/c1-14(2)28(25,26)23-20-22-16(13-27-20)12-24-9-7-15(8-10-24)18-11-21-19-6-4-3-5-17(18)19;/h3-6,11,13-15,21H,7-10,12H2,1-2H3,(H,22,23);1H. The van der Waals surface area contributed by atoms with Crippen molar-refractivity contribution in [1.82, 2.24) is 14.9 Å². The van der Waals surface area contributed by atoms with Gasteiger partial charge < -0.3 is 4.98 Å². The van der Waals surface area contributed by atoms with Crippen LogP contribution in [-0.2, 0) is 16.6 Å². The highest BCUT2D eigenvalue weighted by Gasteiger charge is 2.23. The first-order valence-electron chi connectivity index (χ1n) is 9.67. The Hall–Kier alpha value is -1.61. The van der Waals surface area contributed by atoms with E-state index in [9.17, 15) is 8.42 Å². The van der Waals surface area contributed by atoms with Crippen LogP contribution in [0.25, 0.3) is 10.9 Å². The zero-order valence-corrected chi connectivity index (χ0v) is 19.0. The molecule has 1 aromatic carbocycles. The molecule has 9 heteroatoms. The van der Waals surface area contributed by atoms with Crippen LogP contribution in [0.5, 0.6) is 0 Å². The van der Waals surface area contributed by atoms with Gasteiger partial charge in [0.1, 0.15) is 0 Å². The van der Waals surface area contributed by atoms with E-state index in [0.717, 1.165) is 38.2 Å². The number of likely N-dealkylation sites (tertiary alicyclic amines) is 1. The number of H-pyrrole nitrogens is 1. The molecule has 1 fully saturated rings. The average molecular weight is 455 g/mol. The molecule has 3 heterocycles. The lowest BCUT2D eigenvalue weighted by molar-refractivity contribution is 0.203. The Balaban J connectivity index is 0.00000240. The summed E-state index contributed by atoms with van der Waals surface area (Å²) in [4.78, 5) is 10.3. The van der Waals surface area contributed by atoms with Crippen LogP contribution in [0.1, 0.15) is 43.9 Å². The molecular weight excluding hydrogens is 428 g/mol. The lowest BCUT2D eigenvalue weighted by Crippen LogP contribution is -2.32. The van der Waals surface area contributed by atoms with Gasteiger partial charge in [0, 0.05) is 29.0 Å². The van der Waals surface area contributed by atoms with Gasteiger partial charge in [-0.2, -0.15) is 0 Å². The Morgan fingerprint density at radius 2 is 2.00 bits per heavy atom. The topological polar surface area (TPSA) is 78.1 Å². The van der Waals surface area contributed by atoms with Gasteiger partial charge in [-0.05, 0) is 57.3 Å². The van der Waals surface area contributed by atoms with Crippen molar-refractivity contribution in [3.63, 3.8) is 0 Å². The van der Waals surface area contributed by atoms with Crippen LogP contribution in [0.3, 0.4) is 0 Å². The number of benzene rings is 1. The number of thiazole rings is 1. The monoisotopic (exact) mass is 454 g/mol. The number of nitrogens with one attached hydrogen (secondary N) is 2. The molecule has 0 amide bonds. The van der Waals surface area contributed by atoms with Gasteiger partial charge in [-0.3, -0.25) is 9.62 Å². The highest BCUT2D eigenvalue weighted by molar-refractivity contribution is 7.93. The van der Waals surface area contributed by atoms with E-state index in [1.54, 1.807) is 13.8 Å². The fraction of sp³-hybridized carbons (Fsp3) is 0.450. The van der Waals surface area contributed by atoms with E-state index in [4.69, 9.17) is 0 Å². The minimum atomic E-state index is -3.34. The molecule has 0 radical (unpaired) electrons. The summed E-state index contributed by atoms with van der Waals surface area (Å²) in [5, 5.41) is 3.27. The largest absolute Gasteiger partial charge is 0.361 e. The maximum atomic E-state index is 12.0. The minimum absolute atomic E-state index is 0. The Morgan fingerprint density at radius 3 is 2.72 bits per heavy atom. The predicted molar refractivity (Wildman–Crippen MR) is 123 cm³/mol. The molecule has 4 rings (SSSR count). The molecule has 6 nitrogen and oxygen atoms in total. The summed E-state index contributed by atoms with van der Waals surface area (Å²) in [7, 11) is -3.34. The molecule has 158 valence electrons. The quantitative estimate of drug-likeness (QED) is 0.571. The minimum Gasteiger partial charge on any atom is -0.361 e. The van der Waals surface area contributed by atoms with Crippen LogP contribution in [0.15, 0.2) is 35.8 Å². The normalized spacial score (nSPS) is 16.2. The molecule has 2 N–H and O–H groups in total. The summed E-state index contributed by atoms with van der Waals surface area (Å²) < 4.78 is 26.5. The van der Waals surface area contributed by atoms with Gasteiger partial charge in [0.05, 0.1) is 10.9 Å². The predicted octanol–water partition coefficient (Wildman–Crippen LogP) is 4.58. The average Bonchev–Trinajstić information content (AvgIpc) is 3.29. The summed E-state index contributed by atoms with van der Waals surface area (Å²) >= 11 is 1.35. The molecule has 0 saturated carbocycles. The third-order valence-corrected chi connectivity index (χ3v) is 8.09. The van der Waals surface area contributed by atoms with E-state index in [-0.39, 0.29) is 12.4 Å². The van der Waals surface area contributed by atoms with Crippen molar-refractivity contribution in [3.05, 3.63) is 47.1 Å². The van der Waals surface area contributed by atoms with Gasteiger partial charge in [0.15, 0.2) is 5.13 Å². The van der Waals surface area contributed by atoms with Crippen molar-refractivity contribution in [2.75, 3.05) is 17.8 Å². The number of hydrogen-bond acceptors (Lipinski definition) is 5. The number of nitrogens with zero attached hydrogens (tertiary/aromatic N) is 2. The summed E-state index contributed by atoms with van der Waals surface area (Å²) in [6, 6.07) is 8.49. The fourth-order valence-corrected chi connectivity index (χ4v) is 5.34. The van der Waals surface area contributed by atoms with Gasteiger partial charge in [-0.25, -0.2) is 13.4 Å². The maximum Gasteiger partial charge on any atom is 0.236 e. The van der Waals surface area contributed by atoms with Crippen molar-refractivity contribution in [1.29, 1.82) is 0 Å². The maximum absolute atomic E-state index is 12.0. The van der Waals surface area contributed by atoms with Crippen molar-refractivity contribution in [3.8, 4) is 0 Å². The van der Waals surface area contributed by atoms with Crippen LogP contribution in [0, 0.1) is 0 Å². The van der Waals surface area contributed by atoms with E-state index in [1.165, 1.54) is 27.8 Å². The second-order valence-corrected chi connectivity index (χ2v) is 10.8. The van der Waals surface area contributed by atoms with E-state index in [2.05, 4.69) is 50.1 Å². The van der Waals surface area contributed by atoms with E-state index in [0.29, 0.717) is 11.0 Å². The van der Waals surface area contributed by atoms with E-state index < -0.39 is 15.3 Å². The second-order valence-electron chi connectivity index (χ2n) is 7.68. The number of piperidine rings is 1. The van der Waals surface area contributed by atoms with Gasteiger partial charge in [0.2, 0.25) is 10.0 Å². The number of aromatic nitrogens is 2. The number of para-hydroxylation sites is 1. The number of fused-ring (bicyclic) bond motifs is 1. The fourth-order valence-electron chi connectivity index (χ4n) is 3.73. The second kappa shape index (κ2) is 9.04. The Morgan fingerprint density at radius 1 is 1.28 bits per heavy atom. The molecule has 0 atom stereocenters. The molecule has 0 bridgehead atoms. The number of halogens is 1. The smallest absolute Gasteiger partial charge is 0.236 e. The molecule has 1 aliphatic rings. The first kappa shape index (κ1) is 22.1. The third-order valence-electron chi connectivity index (χ3n) is 5.44. The lowest BCUT2D eigenvalue weighted by Gasteiger charge is -2.31. The zero-order valence-electron chi connectivity index (χ0n) is 16.6. The Bertz CT molecular complexity index is 1050. The van der Waals surface area contributed by atoms with Crippen LogP contribution < -0.4 is 4.72 Å². The van der Waals surface area contributed by atoms with Crippen molar-refractivity contribution >= 4 is 49.8 Å². The molecular formula is C20H27ClN4O2S2. The Kier molecular flexibility index (Phi) is 6.88. The number of hydrogen-bond donors (Lipinski definition) is 2. The summed E-state index contributed by atoms with van der Waals surface area (Å²) in [6.45, 7) is 6.13. The number of anilines is 1. The molecule has 29 heavy (non-hydrogen) atoms. The Labute approximate surface area is 182 Å². The first-order chi connectivity index (χ1) is 13.4. The van der Waals surface area contributed by atoms with Gasteiger partial charge in [-0.15, -0.1) is 23.7 Å². The molecule has 0 spiro atoms. The highest BCUT2D eigenvalue weighted by Crippen LogP contribution is 2.33. The van der Waals surface area contributed by atoms with Gasteiger partial charge >= 0.3 is 0 Å². The highest BCUT2D eigenvalue weighted by atomic mass is 35.5. The molecule has 2 aromatic heterocycles. The van der Waals surface area contributed by atoms with Crippen LogP contribution in [-0.4, -0.2) is 41.6 Å². The molecule has 0 aliphatic carbocycles. The van der Waals surface area contributed by atoms with Crippen LogP contribution in [0.4, 0.5) is 5.13 Å². The van der Waals surface area contributed by atoms with Crippen LogP contribution in [0.2, 0.25) is 0 Å². The van der Waals surface area contributed by atoms with Gasteiger partial charge in [-0.1, -0.05) is 18.2 Å². The summed E-state index contributed by atoms with van der Waals surface area (Å²) in [5.74, 6) is 0.580. The number of sulfonamides is 1. The van der Waals surface area contributed by atoms with Crippen LogP contribution >= 0.6 is 23.7 Å². The first-order valence-corrected chi connectivity index (χ1v) is 12.1. The number of rotatable bonds is 6. The van der Waals surface area contributed by atoms with Crippen molar-refractivity contribution < 1.29 is 8.42 Å². The van der Waals surface area contributed by atoms with E-state index in [1.807, 2.05) is 5.38 Å². The summed E-state index contributed by atoms with van der Waals surface area (Å²) in [5.41, 5.74) is 3.56. The van der Waals surface area contributed by atoms with Gasteiger partial charge in [0.25, 0.3) is 0 Å². The summed E-state index contributed by atoms with van der Waals surface area (Å²) in [6.07, 6.45) is 4.41. The van der Waals surface area contributed by atoms with E-state index >= 15 is 0 Å². The zero-order chi connectivity index (χ0) is 19.7. The molecule has 1 aliphatic heterocycles. The molecule has 1 saturated heterocycles. The third kappa shape index (κ3) is 4.94. The lowest BCUT2D eigenvalue weighted by atomic mass is 9.89.